The molecular formula is C2H5FN2O. The first-order valence-electron chi connectivity index (χ1n) is 1.57. The minimum Gasteiger partial charge on any atom is -0.123 e. The van der Waals surface area contributed by atoms with Crippen LogP contribution in [0.1, 0.15) is 6.92 Å². The summed E-state index contributed by atoms with van der Waals surface area (Å²) in [5.74, 6) is 0. The van der Waals surface area contributed by atoms with Gasteiger partial charge in [-0.1, -0.05) is 9.71 Å². The third-order valence-corrected chi connectivity index (χ3v) is 0.350. The van der Waals surface area contributed by atoms with Crippen LogP contribution in [-0.2, 0) is 0 Å². The summed E-state index contributed by atoms with van der Waals surface area (Å²) >= 11 is 0. The zero-order chi connectivity index (χ0) is 4.99. The van der Waals surface area contributed by atoms with Gasteiger partial charge in [-0.25, -0.2) is 0 Å². The minimum absolute atomic E-state index is 0.0174. The van der Waals surface area contributed by atoms with E-state index in [1.54, 1.807) is 0 Å². The molecule has 0 saturated heterocycles. The topological polar surface area (TPSA) is 32.7 Å². The molecule has 0 saturated carbocycles. The lowest BCUT2D eigenvalue weighted by Crippen LogP contribution is -2.00. The fourth-order valence-electron chi connectivity index (χ4n) is 0.0577. The SMILES string of the molecule is CCN(F)N=O. The first-order valence-corrected chi connectivity index (χ1v) is 1.57. The van der Waals surface area contributed by atoms with E-state index in [1.807, 2.05) is 5.29 Å². The van der Waals surface area contributed by atoms with Crippen LogP contribution >= 0.6 is 0 Å². The molecule has 0 radical (unpaired) electrons. The molecule has 0 aliphatic heterocycles. The standard InChI is InChI=1S/C2H5FN2O/c1-2-5(3)4-6/h2H2,1H3. The van der Waals surface area contributed by atoms with Gasteiger partial charge in [0.1, 0.15) is 0 Å². The van der Waals surface area contributed by atoms with Crippen molar-refractivity contribution in [3.8, 4) is 0 Å². The fourth-order valence-corrected chi connectivity index (χ4v) is 0.0577. The molecule has 0 spiro atoms. The molecule has 0 aromatic heterocycles. The van der Waals surface area contributed by atoms with Crippen molar-refractivity contribution in [2.45, 2.75) is 6.92 Å². The third kappa shape index (κ3) is 1.63. The van der Waals surface area contributed by atoms with Gasteiger partial charge < -0.3 is 0 Å². The van der Waals surface area contributed by atoms with Crippen molar-refractivity contribution in [2.75, 3.05) is 6.54 Å². The fraction of sp³-hybridized carbons (Fsp3) is 1.00. The predicted molar refractivity (Wildman–Crippen MR) is 19.3 cm³/mol. The lowest BCUT2D eigenvalue weighted by Gasteiger charge is -1.91. The summed E-state index contributed by atoms with van der Waals surface area (Å²) in [5.41, 5.74) is 0. The van der Waals surface area contributed by atoms with Crippen molar-refractivity contribution >= 4 is 0 Å². The van der Waals surface area contributed by atoms with Crippen LogP contribution in [-0.4, -0.2) is 11.8 Å². The molecule has 0 atom stereocenters. The molecule has 6 heavy (non-hydrogen) atoms. The molecule has 0 aliphatic rings. The molecule has 36 valence electrons. The number of halogens is 1. The van der Waals surface area contributed by atoms with E-state index in [0.717, 1.165) is 0 Å². The van der Waals surface area contributed by atoms with Crippen LogP contribution in [0.3, 0.4) is 0 Å². The predicted octanol–water partition coefficient (Wildman–Crippen LogP) is 0.874. The van der Waals surface area contributed by atoms with Crippen molar-refractivity contribution in [3.63, 3.8) is 0 Å². The van der Waals surface area contributed by atoms with E-state index >= 15 is 0 Å². The van der Waals surface area contributed by atoms with Crippen LogP contribution in [0, 0.1) is 4.91 Å². The summed E-state index contributed by atoms with van der Waals surface area (Å²) in [4.78, 5) is 9.04. The number of hydrogen-bond acceptors (Lipinski definition) is 2. The van der Waals surface area contributed by atoms with E-state index < -0.39 is 0 Å². The number of hydrogen-bond donors (Lipinski definition) is 0. The van der Waals surface area contributed by atoms with Crippen molar-refractivity contribution in [3.05, 3.63) is 4.91 Å². The molecule has 0 aromatic carbocycles. The number of nitrogens with zero attached hydrogens (tertiary/aromatic N) is 2. The molecule has 3 nitrogen and oxygen atoms in total. The Morgan fingerprint density at radius 1 is 2.00 bits per heavy atom. The molecule has 4 heteroatoms. The van der Waals surface area contributed by atoms with Crippen molar-refractivity contribution in [2.24, 2.45) is 5.29 Å². The smallest absolute Gasteiger partial charge is 0.0833 e. The highest BCUT2D eigenvalue weighted by atomic mass is 19.2. The van der Waals surface area contributed by atoms with E-state index in [0.29, 0.717) is 0 Å². The molecule has 0 fully saturated rings. The Balaban J connectivity index is 2.96. The van der Waals surface area contributed by atoms with Crippen molar-refractivity contribution in [1.82, 2.24) is 5.23 Å². The monoisotopic (exact) mass is 92.0 g/mol. The summed E-state index contributed by atoms with van der Waals surface area (Å²) in [7, 11) is 0. The first kappa shape index (κ1) is 5.33. The highest BCUT2D eigenvalue weighted by Crippen LogP contribution is 1.83. The molecule has 0 aromatic rings. The Morgan fingerprint density at radius 2 is 2.50 bits per heavy atom. The maximum absolute atomic E-state index is 11.2. The van der Waals surface area contributed by atoms with Crippen LogP contribution in [0.5, 0.6) is 0 Å². The Hall–Kier alpha value is -0.670. The Morgan fingerprint density at radius 3 is 2.50 bits per heavy atom. The molecule has 0 rings (SSSR count). The maximum Gasteiger partial charge on any atom is 0.0833 e. The van der Waals surface area contributed by atoms with E-state index in [4.69, 9.17) is 4.91 Å². The maximum atomic E-state index is 11.2. The van der Waals surface area contributed by atoms with Gasteiger partial charge in [-0.2, -0.15) is 0 Å². The van der Waals surface area contributed by atoms with Gasteiger partial charge >= 0.3 is 0 Å². The van der Waals surface area contributed by atoms with Crippen LogP contribution in [0.4, 0.5) is 4.48 Å². The normalized spacial score (nSPS) is 7.67. The molecule has 0 aliphatic carbocycles. The van der Waals surface area contributed by atoms with E-state index in [2.05, 4.69) is 0 Å². The number of rotatable bonds is 2. The molecule has 0 N–H and O–H groups in total. The van der Waals surface area contributed by atoms with Gasteiger partial charge in [-0.15, -0.1) is 4.91 Å². The van der Waals surface area contributed by atoms with Crippen LogP contribution in [0.25, 0.3) is 0 Å². The molecule has 0 bridgehead atoms. The van der Waals surface area contributed by atoms with E-state index in [9.17, 15) is 4.48 Å². The minimum atomic E-state index is -0.181. The van der Waals surface area contributed by atoms with E-state index in [1.165, 1.54) is 6.92 Å². The zero-order valence-corrected chi connectivity index (χ0v) is 3.39. The molecule has 0 amide bonds. The summed E-state index contributed by atoms with van der Waals surface area (Å²) in [6.07, 6.45) is 0. The van der Waals surface area contributed by atoms with E-state index in [-0.39, 0.29) is 11.8 Å². The summed E-state index contributed by atoms with van der Waals surface area (Å²) in [5, 5.41) is 1.74. The van der Waals surface area contributed by atoms with Crippen molar-refractivity contribution in [1.29, 1.82) is 0 Å². The average molecular weight is 92.1 g/mol. The zero-order valence-electron chi connectivity index (χ0n) is 3.39. The highest BCUT2D eigenvalue weighted by Gasteiger charge is 1.87. The van der Waals surface area contributed by atoms with Gasteiger partial charge in [0.05, 0.1) is 11.8 Å². The van der Waals surface area contributed by atoms with Gasteiger partial charge in [0, 0.05) is 0 Å². The second-order valence-electron chi connectivity index (χ2n) is 0.734. The lowest BCUT2D eigenvalue weighted by molar-refractivity contribution is 0.0331. The Bertz CT molecular complexity index is 48.8. The molecule has 0 unspecified atom stereocenters. The quantitative estimate of drug-likeness (QED) is 0.287. The van der Waals surface area contributed by atoms with Crippen molar-refractivity contribution < 1.29 is 4.48 Å². The van der Waals surface area contributed by atoms with Crippen LogP contribution in [0.2, 0.25) is 0 Å². The van der Waals surface area contributed by atoms with Crippen LogP contribution < -0.4 is 0 Å². The van der Waals surface area contributed by atoms with Gasteiger partial charge in [-0.3, -0.25) is 0 Å². The highest BCUT2D eigenvalue weighted by molar-refractivity contribution is 4.20. The summed E-state index contributed by atoms with van der Waals surface area (Å²) < 4.78 is 11.2. The number of nitroso groups, excluding NO2 is 1. The lowest BCUT2D eigenvalue weighted by atomic mass is 10.8. The second-order valence-corrected chi connectivity index (χ2v) is 0.734. The average Bonchev–Trinajstić information content (AvgIpc) is 1.65. The second kappa shape index (κ2) is 2.56. The molecular weight excluding hydrogens is 87.0 g/mol. The summed E-state index contributed by atoms with van der Waals surface area (Å²) in [6.45, 7) is 1.50. The first-order chi connectivity index (χ1) is 2.81. The molecule has 0 heterocycles. The Kier molecular flexibility index (Phi) is 2.27. The van der Waals surface area contributed by atoms with Gasteiger partial charge in [0.25, 0.3) is 0 Å². The van der Waals surface area contributed by atoms with Gasteiger partial charge in [-0.05, 0) is 6.92 Å². The largest absolute Gasteiger partial charge is 0.123 e. The van der Waals surface area contributed by atoms with Gasteiger partial charge in [0.2, 0.25) is 0 Å². The summed E-state index contributed by atoms with van der Waals surface area (Å²) in [6, 6.07) is 0. The third-order valence-electron chi connectivity index (χ3n) is 0.350. The van der Waals surface area contributed by atoms with Gasteiger partial charge in [0.15, 0.2) is 0 Å². The van der Waals surface area contributed by atoms with Crippen LogP contribution in [0.15, 0.2) is 5.29 Å². The Labute approximate surface area is 34.6 Å².